The van der Waals surface area contributed by atoms with Crippen LogP contribution in [-0.4, -0.2) is 52.8 Å². The van der Waals surface area contributed by atoms with Crippen LogP contribution in [0.15, 0.2) is 24.3 Å². The maximum absolute atomic E-state index is 11.9. The summed E-state index contributed by atoms with van der Waals surface area (Å²) >= 11 is 0. The molecular formula is C18H26O9S. The van der Waals surface area contributed by atoms with Crippen molar-refractivity contribution in [2.24, 2.45) is 5.92 Å². The fourth-order valence-electron chi connectivity index (χ4n) is 2.27. The number of ether oxygens (including phenoxy) is 2. The second-order valence-corrected chi connectivity index (χ2v) is 8.89. The molecule has 0 bridgehead atoms. The normalized spacial score (nSPS) is 13.2. The Kier molecular flexibility index (Phi) is 8.55. The molecule has 0 aliphatic rings. The van der Waals surface area contributed by atoms with Gasteiger partial charge in [0.1, 0.15) is 11.4 Å². The molecule has 1 rings (SSSR count). The number of aliphatic hydroxyl groups excluding tert-OH is 1. The molecule has 0 aliphatic heterocycles. The predicted octanol–water partition coefficient (Wildman–Crippen LogP) is 1.07. The second-order valence-electron chi connectivity index (χ2n) is 7.32. The zero-order chi connectivity index (χ0) is 21.5. The van der Waals surface area contributed by atoms with Crippen molar-refractivity contribution in [3.8, 4) is 5.75 Å². The van der Waals surface area contributed by atoms with E-state index in [0.29, 0.717) is 5.56 Å². The monoisotopic (exact) mass is 418 g/mol. The van der Waals surface area contributed by atoms with Gasteiger partial charge in [-0.25, -0.2) is 0 Å². The average Bonchev–Trinajstić information content (AvgIpc) is 2.51. The number of rotatable bonds is 9. The number of carbonyl (C=O) groups is 2. The summed E-state index contributed by atoms with van der Waals surface area (Å²) in [6.45, 7) is 5.14. The Labute approximate surface area is 164 Å². The van der Waals surface area contributed by atoms with Crippen LogP contribution in [0.5, 0.6) is 5.75 Å². The van der Waals surface area contributed by atoms with Crippen LogP contribution in [0, 0.1) is 5.92 Å². The number of carbonyl (C=O) groups excluding carboxylic acids is 2. The molecule has 0 saturated heterocycles. The van der Waals surface area contributed by atoms with E-state index in [1.54, 1.807) is 32.9 Å². The van der Waals surface area contributed by atoms with Crippen LogP contribution < -0.4 is 4.74 Å². The van der Waals surface area contributed by atoms with E-state index in [0.717, 1.165) is 0 Å². The number of hydrogen-bond acceptors (Lipinski definition) is 8. The highest BCUT2D eigenvalue weighted by atomic mass is 32.2. The molecule has 0 aliphatic carbocycles. The van der Waals surface area contributed by atoms with Crippen molar-refractivity contribution >= 4 is 22.1 Å². The van der Waals surface area contributed by atoms with Gasteiger partial charge in [0.15, 0.2) is 6.29 Å². The molecule has 0 aromatic heterocycles. The number of benzene rings is 1. The van der Waals surface area contributed by atoms with Crippen molar-refractivity contribution in [3.05, 3.63) is 29.8 Å². The van der Waals surface area contributed by atoms with Crippen LogP contribution >= 0.6 is 0 Å². The smallest absolute Gasteiger partial charge is 0.312 e. The molecule has 1 aromatic carbocycles. The lowest BCUT2D eigenvalue weighted by Crippen LogP contribution is -2.30. The summed E-state index contributed by atoms with van der Waals surface area (Å²) in [4.78, 5) is 23.4. The molecule has 3 N–H and O–H groups in total. The van der Waals surface area contributed by atoms with E-state index in [2.05, 4.69) is 0 Å². The van der Waals surface area contributed by atoms with Crippen molar-refractivity contribution in [1.82, 2.24) is 0 Å². The molecule has 0 saturated carbocycles. The van der Waals surface area contributed by atoms with E-state index in [-0.39, 0.29) is 18.6 Å². The molecule has 1 atom stereocenters. The highest BCUT2D eigenvalue weighted by Gasteiger charge is 2.25. The molecule has 10 heteroatoms. The predicted molar refractivity (Wildman–Crippen MR) is 99.0 cm³/mol. The Morgan fingerprint density at radius 2 is 1.64 bits per heavy atom. The lowest BCUT2D eigenvalue weighted by molar-refractivity contribution is -0.161. The summed E-state index contributed by atoms with van der Waals surface area (Å²) < 4.78 is 40.0. The zero-order valence-electron chi connectivity index (χ0n) is 16.0. The molecule has 9 nitrogen and oxygen atoms in total. The molecule has 1 unspecified atom stereocenters. The van der Waals surface area contributed by atoms with Crippen molar-refractivity contribution in [3.63, 3.8) is 0 Å². The third kappa shape index (κ3) is 10.4. The van der Waals surface area contributed by atoms with E-state index in [1.165, 1.54) is 12.1 Å². The van der Waals surface area contributed by atoms with Crippen LogP contribution in [0.25, 0.3) is 0 Å². The van der Waals surface area contributed by atoms with Crippen molar-refractivity contribution < 1.29 is 42.2 Å². The van der Waals surface area contributed by atoms with Gasteiger partial charge in [-0.15, -0.1) is 0 Å². The highest BCUT2D eigenvalue weighted by molar-refractivity contribution is 7.85. The van der Waals surface area contributed by atoms with Gasteiger partial charge in [-0.1, -0.05) is 12.1 Å². The Balaban J connectivity index is 2.65. The molecule has 0 spiro atoms. The van der Waals surface area contributed by atoms with Gasteiger partial charge in [0.2, 0.25) is 0 Å². The fraction of sp³-hybridized carbons (Fsp3) is 0.556. The standard InChI is InChI=1S/C18H26O9S/c1-18(2,3)27-16(20)11-13(17(21)22)10-12-4-6-14(7-5-12)26-15(19)8-9-28(23,24)25/h4-7,13,17,21-22H,8-11H2,1-3H3,(H,23,24,25). The molecule has 0 amide bonds. The first kappa shape index (κ1) is 24.0. The van der Waals surface area contributed by atoms with E-state index in [9.17, 15) is 28.2 Å². The maximum Gasteiger partial charge on any atom is 0.312 e. The average molecular weight is 418 g/mol. The van der Waals surface area contributed by atoms with Gasteiger partial charge in [0.25, 0.3) is 10.1 Å². The maximum atomic E-state index is 11.9. The second kappa shape index (κ2) is 9.97. The van der Waals surface area contributed by atoms with Gasteiger partial charge in [-0.3, -0.25) is 14.1 Å². The first-order valence-electron chi connectivity index (χ1n) is 8.58. The van der Waals surface area contributed by atoms with Crippen LogP contribution in [0.4, 0.5) is 0 Å². The van der Waals surface area contributed by atoms with Crippen LogP contribution in [0.3, 0.4) is 0 Å². The van der Waals surface area contributed by atoms with Gasteiger partial charge in [-0.2, -0.15) is 8.42 Å². The number of aliphatic hydroxyl groups is 2. The van der Waals surface area contributed by atoms with Gasteiger partial charge in [0.05, 0.1) is 18.6 Å². The number of hydrogen-bond donors (Lipinski definition) is 3. The lowest BCUT2D eigenvalue weighted by Gasteiger charge is -2.23. The molecule has 0 fully saturated rings. The van der Waals surface area contributed by atoms with Crippen molar-refractivity contribution in [2.75, 3.05) is 5.75 Å². The van der Waals surface area contributed by atoms with Crippen LogP contribution in [0.1, 0.15) is 39.2 Å². The quantitative estimate of drug-likeness (QED) is 0.232. The van der Waals surface area contributed by atoms with Gasteiger partial charge in [-0.05, 0) is 44.9 Å². The molecule has 0 radical (unpaired) electrons. The van der Waals surface area contributed by atoms with Crippen molar-refractivity contribution in [2.45, 2.75) is 51.9 Å². The first-order chi connectivity index (χ1) is 12.7. The third-order valence-electron chi connectivity index (χ3n) is 3.49. The Morgan fingerprint density at radius 3 is 2.11 bits per heavy atom. The topological polar surface area (TPSA) is 147 Å². The minimum absolute atomic E-state index is 0.164. The highest BCUT2D eigenvalue weighted by Crippen LogP contribution is 2.21. The van der Waals surface area contributed by atoms with E-state index in [1.807, 2.05) is 0 Å². The summed E-state index contributed by atoms with van der Waals surface area (Å²) in [5.74, 6) is -2.71. The fourth-order valence-corrected chi connectivity index (χ4v) is 2.70. The minimum Gasteiger partial charge on any atom is -0.460 e. The largest absolute Gasteiger partial charge is 0.460 e. The van der Waals surface area contributed by atoms with E-state index in [4.69, 9.17) is 14.0 Å². The van der Waals surface area contributed by atoms with Gasteiger partial charge < -0.3 is 19.7 Å². The molecular weight excluding hydrogens is 392 g/mol. The molecule has 0 heterocycles. The van der Waals surface area contributed by atoms with Crippen LogP contribution in [0.2, 0.25) is 0 Å². The van der Waals surface area contributed by atoms with Crippen LogP contribution in [-0.2, 0) is 30.9 Å². The Hall–Kier alpha value is -2.01. The lowest BCUT2D eigenvalue weighted by atomic mass is 9.95. The summed E-state index contributed by atoms with van der Waals surface area (Å²) in [6, 6.07) is 6.07. The third-order valence-corrected chi connectivity index (χ3v) is 4.21. The summed E-state index contributed by atoms with van der Waals surface area (Å²) in [6.07, 6.45) is -2.21. The summed E-state index contributed by atoms with van der Waals surface area (Å²) in [5, 5.41) is 19.1. The van der Waals surface area contributed by atoms with Crippen molar-refractivity contribution in [1.29, 1.82) is 0 Å². The zero-order valence-corrected chi connectivity index (χ0v) is 16.8. The van der Waals surface area contributed by atoms with E-state index < -0.39 is 52.0 Å². The van der Waals surface area contributed by atoms with Gasteiger partial charge >= 0.3 is 11.9 Å². The first-order valence-corrected chi connectivity index (χ1v) is 10.2. The summed E-state index contributed by atoms with van der Waals surface area (Å²) in [7, 11) is -4.25. The minimum atomic E-state index is -4.25. The number of esters is 2. The molecule has 28 heavy (non-hydrogen) atoms. The molecule has 158 valence electrons. The summed E-state index contributed by atoms with van der Waals surface area (Å²) in [5.41, 5.74) is -0.0115. The van der Waals surface area contributed by atoms with E-state index >= 15 is 0 Å². The Morgan fingerprint density at radius 1 is 1.07 bits per heavy atom. The van der Waals surface area contributed by atoms with Gasteiger partial charge in [0, 0.05) is 5.92 Å². The Bertz CT molecular complexity index is 761. The molecule has 1 aromatic rings. The SMILES string of the molecule is CC(C)(C)OC(=O)CC(Cc1ccc(OC(=O)CCS(=O)(=O)O)cc1)C(O)O.